The molecule has 0 atom stereocenters. The molecular formula is C8H13N3O2. The van der Waals surface area contributed by atoms with Crippen molar-refractivity contribution in [3.63, 3.8) is 0 Å². The number of ketones is 1. The maximum absolute atomic E-state index is 11.4. The molecule has 0 aliphatic carbocycles. The first-order chi connectivity index (χ1) is 6.25. The van der Waals surface area contributed by atoms with Crippen molar-refractivity contribution in [1.82, 2.24) is 15.0 Å². The third kappa shape index (κ3) is 2.62. The molecule has 1 aromatic heterocycles. The van der Waals surface area contributed by atoms with Gasteiger partial charge in [-0.1, -0.05) is 12.1 Å². The molecule has 5 heteroatoms. The topological polar surface area (TPSA) is 57.0 Å². The van der Waals surface area contributed by atoms with E-state index in [9.17, 15) is 4.79 Å². The number of hydrogen-bond donors (Lipinski definition) is 0. The number of carbonyl (C=O) groups is 1. The Morgan fingerprint density at radius 1 is 1.69 bits per heavy atom. The van der Waals surface area contributed by atoms with Crippen LogP contribution in [0.25, 0.3) is 0 Å². The lowest BCUT2D eigenvalue weighted by Gasteiger charge is -2.00. The van der Waals surface area contributed by atoms with E-state index in [0.717, 1.165) is 6.42 Å². The molecule has 0 unspecified atom stereocenters. The molecule has 13 heavy (non-hydrogen) atoms. The molecule has 0 radical (unpaired) electrons. The Labute approximate surface area is 76.7 Å². The van der Waals surface area contributed by atoms with Crippen molar-refractivity contribution in [2.75, 3.05) is 13.2 Å². The molecule has 1 heterocycles. The molecule has 0 spiro atoms. The van der Waals surface area contributed by atoms with Crippen molar-refractivity contribution in [2.45, 2.75) is 13.3 Å². The smallest absolute Gasteiger partial charge is 0.208 e. The fourth-order valence-electron chi connectivity index (χ4n) is 0.925. The van der Waals surface area contributed by atoms with Crippen LogP contribution in [0.3, 0.4) is 0 Å². The highest BCUT2D eigenvalue weighted by Crippen LogP contribution is 1.96. The Bertz CT molecular complexity index is 283. The molecule has 0 aliphatic heterocycles. The standard InChI is InChI=1S/C8H13N3O2/c1-3-4-13-6-8(12)7-5-9-10-11(7)2/h5H,3-4,6H2,1-2H3. The Morgan fingerprint density at radius 2 is 2.46 bits per heavy atom. The van der Waals surface area contributed by atoms with Crippen LogP contribution in [0.2, 0.25) is 0 Å². The summed E-state index contributed by atoms with van der Waals surface area (Å²) in [5.74, 6) is -0.0825. The van der Waals surface area contributed by atoms with E-state index in [1.54, 1.807) is 7.05 Å². The van der Waals surface area contributed by atoms with Crippen LogP contribution in [0, 0.1) is 0 Å². The zero-order valence-electron chi connectivity index (χ0n) is 7.86. The normalized spacial score (nSPS) is 10.3. The van der Waals surface area contributed by atoms with Crippen LogP contribution in [0.15, 0.2) is 6.20 Å². The van der Waals surface area contributed by atoms with Gasteiger partial charge in [0.15, 0.2) is 0 Å². The van der Waals surface area contributed by atoms with E-state index in [4.69, 9.17) is 4.74 Å². The summed E-state index contributed by atoms with van der Waals surface area (Å²) in [5.41, 5.74) is 0.483. The van der Waals surface area contributed by atoms with E-state index >= 15 is 0 Å². The maximum atomic E-state index is 11.4. The van der Waals surface area contributed by atoms with E-state index in [2.05, 4.69) is 10.3 Å². The van der Waals surface area contributed by atoms with Gasteiger partial charge in [-0.15, -0.1) is 5.10 Å². The number of aromatic nitrogens is 3. The highest BCUT2D eigenvalue weighted by molar-refractivity contribution is 5.95. The third-order valence-corrected chi connectivity index (χ3v) is 1.58. The summed E-state index contributed by atoms with van der Waals surface area (Å²) in [5, 5.41) is 7.26. The van der Waals surface area contributed by atoms with Crippen LogP contribution in [-0.2, 0) is 11.8 Å². The molecule has 5 nitrogen and oxygen atoms in total. The van der Waals surface area contributed by atoms with Crippen LogP contribution in [0.5, 0.6) is 0 Å². The molecule has 1 rings (SSSR count). The predicted molar refractivity (Wildman–Crippen MR) is 46.4 cm³/mol. The summed E-state index contributed by atoms with van der Waals surface area (Å²) in [7, 11) is 1.68. The number of Topliss-reactive ketones (excluding diaryl/α,β-unsaturated/α-hetero) is 1. The van der Waals surface area contributed by atoms with Gasteiger partial charge in [0.05, 0.1) is 6.20 Å². The molecule has 0 fully saturated rings. The summed E-state index contributed by atoms with van der Waals surface area (Å²) in [6.45, 7) is 2.71. The van der Waals surface area contributed by atoms with Gasteiger partial charge >= 0.3 is 0 Å². The van der Waals surface area contributed by atoms with Crippen molar-refractivity contribution in [2.24, 2.45) is 7.05 Å². The molecule has 0 N–H and O–H groups in total. The molecule has 0 aliphatic rings. The molecule has 0 saturated carbocycles. The summed E-state index contributed by atoms with van der Waals surface area (Å²) in [6, 6.07) is 0. The average Bonchev–Trinajstić information content (AvgIpc) is 2.52. The fourth-order valence-corrected chi connectivity index (χ4v) is 0.925. The minimum absolute atomic E-state index is 0.0825. The summed E-state index contributed by atoms with van der Waals surface area (Å²) in [6.07, 6.45) is 2.36. The fraction of sp³-hybridized carbons (Fsp3) is 0.625. The Balaban J connectivity index is 2.45. The van der Waals surface area contributed by atoms with Crippen molar-refractivity contribution in [3.05, 3.63) is 11.9 Å². The Kier molecular flexibility index (Phi) is 3.57. The van der Waals surface area contributed by atoms with Crippen LogP contribution in [0.4, 0.5) is 0 Å². The second-order valence-corrected chi connectivity index (χ2v) is 2.72. The van der Waals surface area contributed by atoms with Gasteiger partial charge in [0.25, 0.3) is 0 Å². The zero-order valence-corrected chi connectivity index (χ0v) is 7.86. The minimum Gasteiger partial charge on any atom is -0.373 e. The van der Waals surface area contributed by atoms with Crippen LogP contribution in [-0.4, -0.2) is 34.0 Å². The number of aryl methyl sites for hydroxylation is 1. The molecule has 0 aromatic carbocycles. The van der Waals surface area contributed by atoms with Gasteiger partial charge in [0.2, 0.25) is 5.78 Å². The first-order valence-corrected chi connectivity index (χ1v) is 4.21. The quantitative estimate of drug-likeness (QED) is 0.490. The lowest BCUT2D eigenvalue weighted by molar-refractivity contribution is 0.0752. The number of ether oxygens (including phenoxy) is 1. The Hall–Kier alpha value is -1.23. The molecular weight excluding hydrogens is 170 g/mol. The minimum atomic E-state index is -0.0825. The highest BCUT2D eigenvalue weighted by Gasteiger charge is 2.10. The van der Waals surface area contributed by atoms with Gasteiger partial charge < -0.3 is 4.74 Å². The van der Waals surface area contributed by atoms with Crippen molar-refractivity contribution < 1.29 is 9.53 Å². The summed E-state index contributed by atoms with van der Waals surface area (Å²) >= 11 is 0. The van der Waals surface area contributed by atoms with E-state index in [1.807, 2.05) is 6.92 Å². The van der Waals surface area contributed by atoms with Crippen LogP contribution in [0.1, 0.15) is 23.8 Å². The molecule has 0 amide bonds. The van der Waals surface area contributed by atoms with E-state index < -0.39 is 0 Å². The zero-order chi connectivity index (χ0) is 9.68. The van der Waals surface area contributed by atoms with Gasteiger partial charge in [0.1, 0.15) is 12.3 Å². The van der Waals surface area contributed by atoms with Gasteiger partial charge in [-0.2, -0.15) is 0 Å². The van der Waals surface area contributed by atoms with Crippen LogP contribution >= 0.6 is 0 Å². The first-order valence-electron chi connectivity index (χ1n) is 4.21. The largest absolute Gasteiger partial charge is 0.373 e. The van der Waals surface area contributed by atoms with Crippen molar-refractivity contribution in [1.29, 1.82) is 0 Å². The van der Waals surface area contributed by atoms with Crippen LogP contribution < -0.4 is 0 Å². The predicted octanol–water partition coefficient (Wildman–Crippen LogP) is 0.424. The van der Waals surface area contributed by atoms with E-state index in [1.165, 1.54) is 10.9 Å². The lowest BCUT2D eigenvalue weighted by atomic mass is 10.3. The second kappa shape index (κ2) is 4.71. The van der Waals surface area contributed by atoms with E-state index in [0.29, 0.717) is 12.3 Å². The van der Waals surface area contributed by atoms with Gasteiger partial charge in [-0.05, 0) is 6.42 Å². The van der Waals surface area contributed by atoms with Gasteiger partial charge in [-0.25, -0.2) is 4.68 Å². The number of hydrogen-bond acceptors (Lipinski definition) is 4. The Morgan fingerprint density at radius 3 is 3.00 bits per heavy atom. The molecule has 72 valence electrons. The maximum Gasteiger partial charge on any atom is 0.208 e. The van der Waals surface area contributed by atoms with Gasteiger partial charge in [0, 0.05) is 13.7 Å². The molecule has 0 saturated heterocycles. The molecule has 0 bridgehead atoms. The monoisotopic (exact) mass is 183 g/mol. The average molecular weight is 183 g/mol. The number of rotatable bonds is 5. The number of nitrogens with zero attached hydrogens (tertiary/aromatic N) is 3. The van der Waals surface area contributed by atoms with Crippen molar-refractivity contribution >= 4 is 5.78 Å². The first kappa shape index (κ1) is 9.85. The van der Waals surface area contributed by atoms with E-state index in [-0.39, 0.29) is 12.4 Å². The highest BCUT2D eigenvalue weighted by atomic mass is 16.5. The van der Waals surface area contributed by atoms with Crippen molar-refractivity contribution in [3.8, 4) is 0 Å². The summed E-state index contributed by atoms with van der Waals surface area (Å²) in [4.78, 5) is 11.4. The number of carbonyl (C=O) groups excluding carboxylic acids is 1. The lowest BCUT2D eigenvalue weighted by Crippen LogP contribution is -2.13. The summed E-state index contributed by atoms with van der Waals surface area (Å²) < 4.78 is 6.55. The second-order valence-electron chi connectivity index (χ2n) is 2.72. The SMILES string of the molecule is CCCOCC(=O)c1cnnn1C. The van der Waals surface area contributed by atoms with Gasteiger partial charge in [-0.3, -0.25) is 4.79 Å². The third-order valence-electron chi connectivity index (χ3n) is 1.58. The molecule has 1 aromatic rings.